The van der Waals surface area contributed by atoms with Crippen LogP contribution >= 0.6 is 0 Å². The predicted molar refractivity (Wildman–Crippen MR) is 120 cm³/mol. The van der Waals surface area contributed by atoms with E-state index in [-0.39, 0.29) is 25.6 Å². The van der Waals surface area contributed by atoms with Gasteiger partial charge in [-0.25, -0.2) is 4.79 Å². The Labute approximate surface area is 199 Å². The minimum atomic E-state index is -4.91. The zero-order chi connectivity index (χ0) is 25.2. The minimum Gasteiger partial charge on any atom is -0.481 e. The van der Waals surface area contributed by atoms with Gasteiger partial charge in [-0.1, -0.05) is 48.5 Å². The summed E-state index contributed by atoms with van der Waals surface area (Å²) in [6, 6.07) is 15.3. The first-order chi connectivity index (χ1) is 16.7. The van der Waals surface area contributed by atoms with E-state index < -0.39 is 42.5 Å². The van der Waals surface area contributed by atoms with Gasteiger partial charge < -0.3 is 20.1 Å². The molecule has 0 aromatic heterocycles. The van der Waals surface area contributed by atoms with E-state index in [2.05, 4.69) is 5.32 Å². The molecule has 2 N–H and O–H groups in total. The van der Waals surface area contributed by atoms with Crippen molar-refractivity contribution in [2.24, 2.45) is 11.8 Å². The fraction of sp³-hybridized carbons (Fsp3) is 0.400. The van der Waals surface area contributed by atoms with Crippen molar-refractivity contribution in [1.29, 1.82) is 0 Å². The molecule has 2 unspecified atom stereocenters. The number of carboxylic acid groups (broad SMARTS) is 1. The first kappa shape index (κ1) is 24.6. The van der Waals surface area contributed by atoms with Crippen molar-refractivity contribution in [1.82, 2.24) is 10.2 Å². The molecular formula is C25H25F3N2O5. The zero-order valence-corrected chi connectivity index (χ0v) is 18.8. The van der Waals surface area contributed by atoms with E-state index in [0.717, 1.165) is 27.2 Å². The average molecular weight is 490 g/mol. The van der Waals surface area contributed by atoms with Gasteiger partial charge in [0.15, 0.2) is 5.92 Å². The Hall–Kier alpha value is -3.56. The zero-order valence-electron chi connectivity index (χ0n) is 18.8. The summed E-state index contributed by atoms with van der Waals surface area (Å²) in [6.45, 7) is -1.31. The lowest BCUT2D eigenvalue weighted by Crippen LogP contribution is -2.51. The molecule has 0 radical (unpaired) electrons. The molecule has 7 nitrogen and oxygen atoms in total. The standard InChI is InChI=1S/C25H25F3N2O5/c26-25(27,28)21(22(31)30-11-5-6-15(13-30)23(32)33)12-29-24(34)35-14-20-18-9-3-1-7-16(18)17-8-2-4-10-19(17)20/h1-4,7-10,15,20-21H,5-6,11-14H2,(H,29,34)(H,32,33). The highest BCUT2D eigenvalue weighted by Gasteiger charge is 2.47. The number of alkyl halides is 3. The van der Waals surface area contributed by atoms with Crippen LogP contribution in [0.15, 0.2) is 48.5 Å². The molecule has 0 spiro atoms. The second kappa shape index (κ2) is 9.97. The van der Waals surface area contributed by atoms with Crippen molar-refractivity contribution < 1.29 is 37.4 Å². The van der Waals surface area contributed by atoms with Gasteiger partial charge in [-0.2, -0.15) is 13.2 Å². The summed E-state index contributed by atoms with van der Waals surface area (Å²) < 4.78 is 46.2. The number of aliphatic carboxylic acids is 1. The molecule has 1 fully saturated rings. The minimum absolute atomic E-state index is 0.0418. The molecule has 4 rings (SSSR count). The van der Waals surface area contributed by atoms with Crippen LogP contribution in [0.1, 0.15) is 29.9 Å². The molecular weight excluding hydrogens is 465 g/mol. The van der Waals surface area contributed by atoms with Crippen molar-refractivity contribution in [3.05, 3.63) is 59.7 Å². The Kier molecular flexibility index (Phi) is 7.00. The molecule has 2 aromatic carbocycles. The van der Waals surface area contributed by atoms with E-state index in [1.807, 2.05) is 48.5 Å². The van der Waals surface area contributed by atoms with Crippen LogP contribution in [0.5, 0.6) is 0 Å². The van der Waals surface area contributed by atoms with Crippen molar-refractivity contribution in [3.63, 3.8) is 0 Å². The van der Waals surface area contributed by atoms with E-state index in [1.165, 1.54) is 0 Å². The number of fused-ring (bicyclic) bond motifs is 3. The number of carbonyl (C=O) groups excluding carboxylic acids is 2. The topological polar surface area (TPSA) is 95.9 Å². The number of carbonyl (C=O) groups is 3. The number of alkyl carbamates (subject to hydrolysis) is 1. The number of rotatable bonds is 6. The largest absolute Gasteiger partial charge is 0.481 e. The molecule has 2 atom stereocenters. The lowest BCUT2D eigenvalue weighted by atomic mass is 9.96. The van der Waals surface area contributed by atoms with Crippen LogP contribution in [0.25, 0.3) is 11.1 Å². The van der Waals surface area contributed by atoms with Gasteiger partial charge in [0.2, 0.25) is 5.91 Å². The number of hydrogen-bond acceptors (Lipinski definition) is 4. The second-order valence-corrected chi connectivity index (χ2v) is 8.76. The van der Waals surface area contributed by atoms with Crippen molar-refractivity contribution in [2.45, 2.75) is 24.9 Å². The highest BCUT2D eigenvalue weighted by atomic mass is 19.4. The first-order valence-electron chi connectivity index (χ1n) is 11.3. The molecule has 1 aliphatic heterocycles. The summed E-state index contributed by atoms with van der Waals surface area (Å²) in [5.41, 5.74) is 3.95. The fourth-order valence-electron chi connectivity index (χ4n) is 4.78. The normalized spacial score (nSPS) is 18.4. The van der Waals surface area contributed by atoms with Crippen LogP contribution in [-0.2, 0) is 14.3 Å². The number of nitrogens with one attached hydrogen (secondary N) is 1. The summed E-state index contributed by atoms with van der Waals surface area (Å²) in [6.07, 6.45) is -5.37. The molecule has 2 aromatic rings. The van der Waals surface area contributed by atoms with Crippen LogP contribution < -0.4 is 5.32 Å². The van der Waals surface area contributed by atoms with Crippen LogP contribution in [0, 0.1) is 11.8 Å². The van der Waals surface area contributed by atoms with Crippen LogP contribution in [0.3, 0.4) is 0 Å². The summed E-state index contributed by atoms with van der Waals surface area (Å²) in [5.74, 6) is -6.05. The molecule has 186 valence electrons. The fourth-order valence-corrected chi connectivity index (χ4v) is 4.78. The predicted octanol–water partition coefficient (Wildman–Crippen LogP) is 4.03. The van der Waals surface area contributed by atoms with Gasteiger partial charge in [-0.3, -0.25) is 9.59 Å². The highest BCUT2D eigenvalue weighted by Crippen LogP contribution is 2.44. The first-order valence-corrected chi connectivity index (χ1v) is 11.3. The van der Waals surface area contributed by atoms with Crippen molar-refractivity contribution >= 4 is 18.0 Å². The third-order valence-corrected chi connectivity index (χ3v) is 6.57. The Morgan fingerprint density at radius 1 is 1.06 bits per heavy atom. The molecule has 0 bridgehead atoms. The van der Waals surface area contributed by atoms with Crippen LogP contribution in [-0.4, -0.2) is 60.4 Å². The van der Waals surface area contributed by atoms with Gasteiger partial charge in [0.25, 0.3) is 0 Å². The van der Waals surface area contributed by atoms with E-state index in [9.17, 15) is 27.6 Å². The number of hydrogen-bond donors (Lipinski definition) is 2. The van der Waals surface area contributed by atoms with E-state index in [1.54, 1.807) is 0 Å². The molecule has 2 aliphatic rings. The summed E-state index contributed by atoms with van der Waals surface area (Å²) >= 11 is 0. The SMILES string of the molecule is O=C(NCC(C(=O)N1CCCC(C(=O)O)C1)C(F)(F)F)OCC1c2ccccc2-c2ccccc21. The number of amides is 2. The summed E-state index contributed by atoms with van der Waals surface area (Å²) in [5, 5.41) is 11.2. The molecule has 2 amide bonds. The van der Waals surface area contributed by atoms with E-state index in [0.29, 0.717) is 12.8 Å². The number of nitrogens with zero attached hydrogens (tertiary/aromatic N) is 1. The number of likely N-dealkylation sites (tertiary alicyclic amines) is 1. The molecule has 1 heterocycles. The van der Waals surface area contributed by atoms with E-state index in [4.69, 9.17) is 9.84 Å². The quantitative estimate of drug-likeness (QED) is 0.638. The molecule has 1 saturated heterocycles. The van der Waals surface area contributed by atoms with Gasteiger partial charge in [-0.15, -0.1) is 0 Å². The smallest absolute Gasteiger partial charge is 0.407 e. The van der Waals surface area contributed by atoms with Crippen molar-refractivity contribution in [3.8, 4) is 11.1 Å². The van der Waals surface area contributed by atoms with Crippen molar-refractivity contribution in [2.75, 3.05) is 26.2 Å². The molecule has 35 heavy (non-hydrogen) atoms. The Bertz CT molecular complexity index is 1070. The molecule has 0 saturated carbocycles. The van der Waals surface area contributed by atoms with Gasteiger partial charge in [0, 0.05) is 25.6 Å². The second-order valence-electron chi connectivity index (χ2n) is 8.76. The molecule has 10 heteroatoms. The Morgan fingerprint density at radius 2 is 1.66 bits per heavy atom. The highest BCUT2D eigenvalue weighted by molar-refractivity contribution is 5.82. The third kappa shape index (κ3) is 5.26. The monoisotopic (exact) mass is 490 g/mol. The maximum absolute atomic E-state index is 13.6. The summed E-state index contributed by atoms with van der Waals surface area (Å²) in [4.78, 5) is 37.0. The van der Waals surface area contributed by atoms with Gasteiger partial charge in [-0.05, 0) is 35.1 Å². The Morgan fingerprint density at radius 3 is 2.23 bits per heavy atom. The number of carboxylic acids is 1. The maximum Gasteiger partial charge on any atom is 0.407 e. The van der Waals surface area contributed by atoms with Gasteiger partial charge >= 0.3 is 18.2 Å². The number of piperidine rings is 1. The van der Waals surface area contributed by atoms with E-state index >= 15 is 0 Å². The summed E-state index contributed by atoms with van der Waals surface area (Å²) in [7, 11) is 0. The number of ether oxygens (including phenoxy) is 1. The number of halogens is 3. The van der Waals surface area contributed by atoms with Gasteiger partial charge in [0.1, 0.15) is 6.61 Å². The van der Waals surface area contributed by atoms with Gasteiger partial charge in [0.05, 0.1) is 5.92 Å². The lowest BCUT2D eigenvalue weighted by molar-refractivity contribution is -0.188. The average Bonchev–Trinajstić information content (AvgIpc) is 3.15. The lowest BCUT2D eigenvalue weighted by Gasteiger charge is -2.34. The Balaban J connectivity index is 1.38. The number of benzene rings is 2. The maximum atomic E-state index is 13.6. The van der Waals surface area contributed by atoms with Crippen LogP contribution in [0.2, 0.25) is 0 Å². The third-order valence-electron chi connectivity index (χ3n) is 6.57. The van der Waals surface area contributed by atoms with Crippen LogP contribution in [0.4, 0.5) is 18.0 Å². The molecule has 1 aliphatic carbocycles.